The molecule has 1 aromatic carbocycles. The maximum absolute atomic E-state index is 12.3. The second-order valence-electron chi connectivity index (χ2n) is 7.02. The molecule has 2 aromatic heterocycles. The number of aromatic nitrogens is 4. The second-order valence-corrected chi connectivity index (χ2v) is 7.02. The first-order chi connectivity index (χ1) is 16.2. The van der Waals surface area contributed by atoms with Crippen molar-refractivity contribution in [1.29, 1.82) is 0 Å². The van der Waals surface area contributed by atoms with E-state index in [4.69, 9.17) is 5.73 Å². The van der Waals surface area contributed by atoms with Crippen LogP contribution in [0.15, 0.2) is 35.3 Å². The Morgan fingerprint density at radius 3 is 2.44 bits per heavy atom. The molecule has 1 unspecified atom stereocenters. The van der Waals surface area contributed by atoms with Gasteiger partial charge in [-0.2, -0.15) is 4.98 Å². The Kier molecular flexibility index (Phi) is 9.18. The van der Waals surface area contributed by atoms with E-state index >= 15 is 0 Å². The SMILES string of the molecule is CC.CC(=O)CCC(NC(=O)c1ccc(NCc2cnc3nc(N)[nH]c(=O)c3n2)cc1)C(=O)O. The predicted molar refractivity (Wildman–Crippen MR) is 126 cm³/mol. The molecule has 0 aliphatic carbocycles. The zero-order valence-corrected chi connectivity index (χ0v) is 19.1. The third-order valence-electron chi connectivity index (χ3n) is 4.50. The fourth-order valence-corrected chi connectivity index (χ4v) is 2.83. The molecule has 0 saturated carbocycles. The van der Waals surface area contributed by atoms with E-state index in [9.17, 15) is 24.3 Å². The number of hydrogen-bond acceptors (Lipinski definition) is 9. The first-order valence-electron chi connectivity index (χ1n) is 10.6. The number of aliphatic carboxylic acids is 1. The van der Waals surface area contributed by atoms with E-state index in [0.29, 0.717) is 11.4 Å². The van der Waals surface area contributed by atoms with Crippen molar-refractivity contribution in [2.24, 2.45) is 0 Å². The summed E-state index contributed by atoms with van der Waals surface area (Å²) in [6.07, 6.45) is 1.55. The molecule has 1 atom stereocenters. The molecule has 3 rings (SSSR count). The molecule has 0 saturated heterocycles. The standard InChI is InChI=1S/C20H21N7O5.C2H6/c1-10(28)2-7-14(19(31)32)25-17(29)11-3-5-12(6-4-11)22-8-13-9-23-16-15(24-13)18(30)27-20(21)26-16;1-2/h3-6,9,14,22H,2,7-8H2,1H3,(H,25,29)(H,31,32)(H3,21,23,26,27,30);1-2H3. The van der Waals surface area contributed by atoms with Gasteiger partial charge >= 0.3 is 5.97 Å². The zero-order chi connectivity index (χ0) is 25.3. The Hall–Kier alpha value is -4.35. The van der Waals surface area contributed by atoms with Gasteiger partial charge in [0.2, 0.25) is 5.95 Å². The molecule has 0 fully saturated rings. The van der Waals surface area contributed by atoms with E-state index in [1.807, 2.05) is 13.8 Å². The minimum Gasteiger partial charge on any atom is -0.480 e. The minimum absolute atomic E-state index is 0.0216. The lowest BCUT2D eigenvalue weighted by molar-refractivity contribution is -0.139. The highest BCUT2D eigenvalue weighted by molar-refractivity contribution is 5.97. The van der Waals surface area contributed by atoms with Crippen LogP contribution in [0.1, 0.15) is 49.7 Å². The van der Waals surface area contributed by atoms with Crippen molar-refractivity contribution < 1.29 is 19.5 Å². The number of nitrogens with two attached hydrogens (primary N) is 1. The number of nitrogens with one attached hydrogen (secondary N) is 3. The Balaban J connectivity index is 0.00000199. The highest BCUT2D eigenvalue weighted by atomic mass is 16.4. The quantitative estimate of drug-likeness (QED) is 0.306. The number of H-pyrrole nitrogens is 1. The number of hydrogen-bond donors (Lipinski definition) is 5. The van der Waals surface area contributed by atoms with Crippen molar-refractivity contribution in [1.82, 2.24) is 25.3 Å². The van der Waals surface area contributed by atoms with Gasteiger partial charge in [-0.15, -0.1) is 0 Å². The van der Waals surface area contributed by atoms with Crippen molar-refractivity contribution in [3.63, 3.8) is 0 Å². The van der Waals surface area contributed by atoms with Crippen LogP contribution < -0.4 is 21.9 Å². The van der Waals surface area contributed by atoms with Gasteiger partial charge in [0, 0.05) is 17.7 Å². The van der Waals surface area contributed by atoms with Crippen LogP contribution >= 0.6 is 0 Å². The number of ketones is 1. The molecule has 34 heavy (non-hydrogen) atoms. The molecule has 0 radical (unpaired) electrons. The van der Waals surface area contributed by atoms with Gasteiger partial charge in [-0.1, -0.05) is 13.8 Å². The van der Waals surface area contributed by atoms with Crippen LogP contribution in [0, 0.1) is 0 Å². The van der Waals surface area contributed by atoms with Gasteiger partial charge < -0.3 is 26.3 Å². The van der Waals surface area contributed by atoms with Crippen LogP contribution in [0.4, 0.5) is 11.6 Å². The van der Waals surface area contributed by atoms with E-state index in [1.165, 1.54) is 25.3 Å². The molecule has 12 heteroatoms. The van der Waals surface area contributed by atoms with Crippen LogP contribution in [0.5, 0.6) is 0 Å². The molecule has 3 aromatic rings. The summed E-state index contributed by atoms with van der Waals surface area (Å²) in [6, 6.07) is 5.20. The number of carboxylic acid groups (broad SMARTS) is 1. The van der Waals surface area contributed by atoms with E-state index in [2.05, 4.69) is 30.6 Å². The summed E-state index contributed by atoms with van der Waals surface area (Å²) >= 11 is 0. The van der Waals surface area contributed by atoms with Crippen molar-refractivity contribution >= 4 is 40.5 Å². The summed E-state index contributed by atoms with van der Waals surface area (Å²) in [6.45, 7) is 5.62. The van der Waals surface area contributed by atoms with Crippen molar-refractivity contribution in [3.8, 4) is 0 Å². The summed E-state index contributed by atoms with van der Waals surface area (Å²) in [4.78, 5) is 61.2. The van der Waals surface area contributed by atoms with Gasteiger partial charge in [0.05, 0.1) is 18.4 Å². The fraction of sp³-hybridized carbons (Fsp3) is 0.318. The minimum atomic E-state index is -1.20. The third-order valence-corrected chi connectivity index (χ3v) is 4.50. The lowest BCUT2D eigenvalue weighted by atomic mass is 10.1. The molecule has 180 valence electrons. The largest absolute Gasteiger partial charge is 0.480 e. The maximum atomic E-state index is 12.3. The topological polar surface area (TPSA) is 193 Å². The van der Waals surface area contributed by atoms with Crippen molar-refractivity contribution in [2.75, 3.05) is 11.1 Å². The normalized spacial score (nSPS) is 11.1. The highest BCUT2D eigenvalue weighted by Gasteiger charge is 2.21. The molecule has 1 amide bonds. The van der Waals surface area contributed by atoms with Crippen LogP contribution in [0.2, 0.25) is 0 Å². The maximum Gasteiger partial charge on any atom is 0.326 e. The molecule has 0 bridgehead atoms. The van der Waals surface area contributed by atoms with Gasteiger partial charge in [-0.25, -0.2) is 14.8 Å². The number of carbonyl (C=O) groups excluding carboxylic acids is 2. The monoisotopic (exact) mass is 469 g/mol. The van der Waals surface area contributed by atoms with Crippen molar-refractivity contribution in [3.05, 3.63) is 52.1 Å². The van der Waals surface area contributed by atoms with Crippen molar-refractivity contribution in [2.45, 2.75) is 46.2 Å². The Morgan fingerprint density at radius 2 is 1.82 bits per heavy atom. The first kappa shape index (κ1) is 25.9. The second kappa shape index (κ2) is 12.0. The first-order valence-corrected chi connectivity index (χ1v) is 10.6. The molecule has 2 heterocycles. The number of rotatable bonds is 9. The zero-order valence-electron chi connectivity index (χ0n) is 19.1. The molecular formula is C22H27N7O5. The fourth-order valence-electron chi connectivity index (χ4n) is 2.83. The Bertz CT molecular complexity index is 1220. The molecular weight excluding hydrogens is 442 g/mol. The number of aromatic amines is 1. The number of amides is 1. The number of carbonyl (C=O) groups is 3. The van der Waals surface area contributed by atoms with Crippen LogP contribution in [0.3, 0.4) is 0 Å². The molecule has 6 N–H and O–H groups in total. The molecule has 0 aliphatic rings. The van der Waals surface area contributed by atoms with Gasteiger partial charge in [0.1, 0.15) is 11.8 Å². The van der Waals surface area contributed by atoms with Crippen LogP contribution in [-0.4, -0.2) is 48.7 Å². The van der Waals surface area contributed by atoms with Gasteiger partial charge in [0.25, 0.3) is 11.5 Å². The smallest absolute Gasteiger partial charge is 0.326 e. The molecule has 12 nitrogen and oxygen atoms in total. The van der Waals surface area contributed by atoms with E-state index < -0.39 is 23.5 Å². The van der Waals surface area contributed by atoms with Gasteiger partial charge in [0.15, 0.2) is 11.2 Å². The summed E-state index contributed by atoms with van der Waals surface area (Å²) in [5.74, 6) is -1.95. The molecule has 0 aliphatic heterocycles. The number of anilines is 2. The lowest BCUT2D eigenvalue weighted by Gasteiger charge is -2.14. The number of Topliss-reactive ketones (excluding diaryl/α,β-unsaturated/α-hetero) is 1. The third kappa shape index (κ3) is 7.08. The van der Waals surface area contributed by atoms with E-state index in [0.717, 1.165) is 0 Å². The van der Waals surface area contributed by atoms with Gasteiger partial charge in [-0.3, -0.25) is 14.6 Å². The lowest BCUT2D eigenvalue weighted by Crippen LogP contribution is -2.41. The number of carboxylic acids is 1. The van der Waals surface area contributed by atoms with Crippen LogP contribution in [0.25, 0.3) is 11.2 Å². The predicted octanol–water partition coefficient (Wildman–Crippen LogP) is 1.49. The Morgan fingerprint density at radius 1 is 1.15 bits per heavy atom. The van der Waals surface area contributed by atoms with E-state index in [1.54, 1.807) is 12.1 Å². The highest BCUT2D eigenvalue weighted by Crippen LogP contribution is 2.12. The number of fused-ring (bicyclic) bond motifs is 1. The average molecular weight is 470 g/mol. The summed E-state index contributed by atoms with van der Waals surface area (Å²) in [5, 5.41) is 14.7. The summed E-state index contributed by atoms with van der Waals surface area (Å²) < 4.78 is 0. The van der Waals surface area contributed by atoms with E-state index in [-0.39, 0.29) is 47.8 Å². The van der Waals surface area contributed by atoms with Crippen LogP contribution in [-0.2, 0) is 16.1 Å². The van der Waals surface area contributed by atoms with Gasteiger partial charge in [-0.05, 0) is 37.6 Å². The molecule has 0 spiro atoms. The number of nitrogens with zero attached hydrogens (tertiary/aromatic N) is 3. The number of benzene rings is 1. The average Bonchev–Trinajstić information content (AvgIpc) is 2.81. The Labute approximate surface area is 195 Å². The summed E-state index contributed by atoms with van der Waals surface area (Å²) in [5.41, 5.74) is 6.64. The summed E-state index contributed by atoms with van der Waals surface area (Å²) in [7, 11) is 0. The number of nitrogen functional groups attached to an aromatic ring is 1.